The van der Waals surface area contributed by atoms with Gasteiger partial charge in [0, 0.05) is 13.1 Å². The fraction of sp³-hybridized carbons (Fsp3) is 0.533. The number of ether oxygens (including phenoxy) is 1. The second-order valence-electron chi connectivity index (χ2n) is 4.96. The lowest BCUT2D eigenvalue weighted by Crippen LogP contribution is -2.29. The highest BCUT2D eigenvalue weighted by atomic mass is 32.2. The van der Waals surface area contributed by atoms with Crippen LogP contribution in [0.15, 0.2) is 23.1 Å². The van der Waals surface area contributed by atoms with Gasteiger partial charge in [-0.3, -0.25) is 4.79 Å². The van der Waals surface area contributed by atoms with Gasteiger partial charge >= 0.3 is 0 Å². The van der Waals surface area contributed by atoms with E-state index in [-0.39, 0.29) is 17.4 Å². The number of sulfonamides is 1. The van der Waals surface area contributed by atoms with Crippen LogP contribution in [0.25, 0.3) is 0 Å². The lowest BCUT2D eigenvalue weighted by molar-refractivity contribution is -0.123. The normalized spacial score (nSPS) is 11.2. The number of carbonyl (C=O) groups excluding carboxylic acids is 1. The smallest absolute Gasteiger partial charge is 0.257 e. The van der Waals surface area contributed by atoms with Gasteiger partial charge in [0.25, 0.3) is 5.91 Å². The molecule has 1 rings (SSSR count). The predicted octanol–water partition coefficient (Wildman–Crippen LogP) is 1.59. The Morgan fingerprint density at radius 3 is 2.45 bits per heavy atom. The molecule has 22 heavy (non-hydrogen) atoms. The maximum Gasteiger partial charge on any atom is 0.257 e. The quantitative estimate of drug-likeness (QED) is 0.721. The molecule has 0 aliphatic rings. The van der Waals surface area contributed by atoms with Crippen LogP contribution in [0.1, 0.15) is 32.3 Å². The number of nitrogens with one attached hydrogen (secondary N) is 2. The van der Waals surface area contributed by atoms with Crippen LogP contribution in [-0.2, 0) is 14.8 Å². The summed E-state index contributed by atoms with van der Waals surface area (Å²) in [7, 11) is -3.49. The molecule has 0 fully saturated rings. The van der Waals surface area contributed by atoms with E-state index in [1.807, 2.05) is 13.8 Å². The number of hydrogen-bond donors (Lipinski definition) is 2. The maximum absolute atomic E-state index is 12.0. The third-order valence-corrected chi connectivity index (χ3v) is 4.39. The highest BCUT2D eigenvalue weighted by Crippen LogP contribution is 2.21. The predicted molar refractivity (Wildman–Crippen MR) is 85.5 cm³/mol. The van der Waals surface area contributed by atoms with E-state index < -0.39 is 10.0 Å². The van der Waals surface area contributed by atoms with Crippen molar-refractivity contribution in [3.8, 4) is 5.75 Å². The lowest BCUT2D eigenvalue weighted by Gasteiger charge is -2.11. The maximum atomic E-state index is 12.0. The Morgan fingerprint density at radius 2 is 1.86 bits per heavy atom. The van der Waals surface area contributed by atoms with Crippen molar-refractivity contribution >= 4 is 15.9 Å². The van der Waals surface area contributed by atoms with Crippen LogP contribution in [0.5, 0.6) is 5.75 Å². The summed E-state index contributed by atoms with van der Waals surface area (Å²) >= 11 is 0. The van der Waals surface area contributed by atoms with Crippen LogP contribution in [0.4, 0.5) is 0 Å². The van der Waals surface area contributed by atoms with Gasteiger partial charge in [0.1, 0.15) is 5.75 Å². The fourth-order valence-corrected chi connectivity index (χ4v) is 2.95. The molecule has 0 saturated heterocycles. The van der Waals surface area contributed by atoms with E-state index in [1.165, 1.54) is 12.1 Å². The first-order chi connectivity index (χ1) is 10.4. The van der Waals surface area contributed by atoms with Crippen LogP contribution in [0.3, 0.4) is 0 Å². The average Bonchev–Trinajstić information content (AvgIpc) is 2.49. The lowest BCUT2D eigenvalue weighted by atomic mass is 10.2. The minimum Gasteiger partial charge on any atom is -0.484 e. The van der Waals surface area contributed by atoms with Crippen LogP contribution in [0.2, 0.25) is 0 Å². The molecule has 0 aromatic heterocycles. The first kappa shape index (κ1) is 18.4. The number of amides is 1. The molecular formula is C15H24N2O4S. The minimum absolute atomic E-state index is 0.0823. The summed E-state index contributed by atoms with van der Waals surface area (Å²) in [6.07, 6.45) is 1.59. The van der Waals surface area contributed by atoms with E-state index in [2.05, 4.69) is 10.0 Å². The van der Waals surface area contributed by atoms with E-state index in [9.17, 15) is 13.2 Å². The van der Waals surface area contributed by atoms with Crippen molar-refractivity contribution in [2.24, 2.45) is 0 Å². The Hall–Kier alpha value is -1.60. The third-order valence-electron chi connectivity index (χ3n) is 2.93. The Balaban J connectivity index is 2.72. The summed E-state index contributed by atoms with van der Waals surface area (Å²) in [5, 5.41) is 2.71. The number of hydrogen-bond acceptors (Lipinski definition) is 4. The zero-order valence-corrected chi connectivity index (χ0v) is 14.1. The van der Waals surface area contributed by atoms with Gasteiger partial charge in [0.15, 0.2) is 6.61 Å². The van der Waals surface area contributed by atoms with Gasteiger partial charge in [0.2, 0.25) is 10.0 Å². The van der Waals surface area contributed by atoms with Gasteiger partial charge in [0.05, 0.1) is 4.90 Å². The summed E-state index contributed by atoms with van der Waals surface area (Å²) in [5.74, 6) is 0.309. The topological polar surface area (TPSA) is 84.5 Å². The van der Waals surface area contributed by atoms with E-state index in [0.717, 1.165) is 12.8 Å². The van der Waals surface area contributed by atoms with Crippen molar-refractivity contribution in [1.82, 2.24) is 10.0 Å². The molecule has 0 radical (unpaired) electrons. The van der Waals surface area contributed by atoms with Crippen LogP contribution < -0.4 is 14.8 Å². The van der Waals surface area contributed by atoms with Crippen LogP contribution in [-0.4, -0.2) is 34.0 Å². The van der Waals surface area contributed by atoms with Crippen molar-refractivity contribution in [3.63, 3.8) is 0 Å². The molecule has 0 bridgehead atoms. The van der Waals surface area contributed by atoms with Crippen molar-refractivity contribution in [3.05, 3.63) is 23.8 Å². The zero-order chi connectivity index (χ0) is 16.6. The molecule has 1 aromatic carbocycles. The Labute approximate surface area is 132 Å². The number of aryl methyl sites for hydroxylation is 1. The third kappa shape index (κ3) is 5.65. The summed E-state index contributed by atoms with van der Waals surface area (Å²) < 4.78 is 32.0. The largest absolute Gasteiger partial charge is 0.484 e. The summed E-state index contributed by atoms with van der Waals surface area (Å²) in [4.78, 5) is 11.7. The molecule has 1 aromatic rings. The number of rotatable bonds is 9. The first-order valence-electron chi connectivity index (χ1n) is 7.40. The van der Waals surface area contributed by atoms with Crippen molar-refractivity contribution < 1.29 is 17.9 Å². The second-order valence-corrected chi connectivity index (χ2v) is 6.73. The van der Waals surface area contributed by atoms with Crippen LogP contribution in [0, 0.1) is 6.92 Å². The van der Waals surface area contributed by atoms with Crippen LogP contribution >= 0.6 is 0 Å². The number of benzene rings is 1. The molecule has 0 saturated carbocycles. The highest BCUT2D eigenvalue weighted by Gasteiger charge is 2.15. The molecule has 6 nitrogen and oxygen atoms in total. The molecule has 0 aliphatic heterocycles. The second kappa shape index (κ2) is 8.75. The molecule has 7 heteroatoms. The van der Waals surface area contributed by atoms with E-state index in [0.29, 0.717) is 24.4 Å². The molecule has 124 valence electrons. The molecule has 0 spiro atoms. The Bertz CT molecular complexity index is 600. The molecular weight excluding hydrogens is 304 g/mol. The Kier molecular flexibility index (Phi) is 7.34. The van der Waals surface area contributed by atoms with Crippen molar-refractivity contribution in [2.45, 2.75) is 38.5 Å². The average molecular weight is 328 g/mol. The van der Waals surface area contributed by atoms with Gasteiger partial charge in [-0.1, -0.05) is 13.8 Å². The van der Waals surface area contributed by atoms with Crippen molar-refractivity contribution in [1.29, 1.82) is 0 Å². The molecule has 0 atom stereocenters. The Morgan fingerprint density at radius 1 is 1.18 bits per heavy atom. The molecule has 2 N–H and O–H groups in total. The highest BCUT2D eigenvalue weighted by molar-refractivity contribution is 7.89. The fourth-order valence-electron chi connectivity index (χ4n) is 1.73. The summed E-state index contributed by atoms with van der Waals surface area (Å²) in [5.41, 5.74) is 0.669. The summed E-state index contributed by atoms with van der Waals surface area (Å²) in [6.45, 7) is 6.54. The van der Waals surface area contributed by atoms with Gasteiger partial charge in [-0.15, -0.1) is 0 Å². The van der Waals surface area contributed by atoms with Crippen molar-refractivity contribution in [2.75, 3.05) is 19.7 Å². The number of carbonyl (C=O) groups is 1. The van der Waals surface area contributed by atoms with Gasteiger partial charge < -0.3 is 10.1 Å². The van der Waals surface area contributed by atoms with Gasteiger partial charge in [-0.25, -0.2) is 13.1 Å². The van der Waals surface area contributed by atoms with Gasteiger partial charge in [-0.2, -0.15) is 0 Å². The first-order valence-corrected chi connectivity index (χ1v) is 8.88. The molecule has 0 unspecified atom stereocenters. The SMILES string of the molecule is CCCNC(=O)COc1ccc(S(=O)(=O)NCCC)cc1C. The molecule has 0 heterocycles. The molecule has 0 aliphatic carbocycles. The zero-order valence-electron chi connectivity index (χ0n) is 13.3. The van der Waals surface area contributed by atoms with E-state index >= 15 is 0 Å². The van der Waals surface area contributed by atoms with Gasteiger partial charge in [-0.05, 0) is 43.5 Å². The monoisotopic (exact) mass is 328 g/mol. The van der Waals surface area contributed by atoms with E-state index in [4.69, 9.17) is 4.74 Å². The van der Waals surface area contributed by atoms with E-state index in [1.54, 1.807) is 13.0 Å². The molecule has 1 amide bonds. The summed E-state index contributed by atoms with van der Waals surface area (Å²) in [6, 6.07) is 4.59. The standard InChI is InChI=1S/C15H24N2O4S/c1-4-8-16-15(18)11-21-14-7-6-13(10-12(14)3)22(19,20)17-9-5-2/h6-7,10,17H,4-5,8-9,11H2,1-3H3,(H,16,18). The minimum atomic E-state index is -3.49.